The van der Waals surface area contributed by atoms with Gasteiger partial charge < -0.3 is 20.7 Å². The van der Waals surface area contributed by atoms with E-state index in [0.717, 1.165) is 31.9 Å². The van der Waals surface area contributed by atoms with Crippen LogP contribution in [-0.4, -0.2) is 42.3 Å². The summed E-state index contributed by atoms with van der Waals surface area (Å²) in [5, 5.41) is 10.8. The maximum absolute atomic E-state index is 11.2. The fourth-order valence-electron chi connectivity index (χ4n) is 1.77. The highest BCUT2D eigenvalue weighted by molar-refractivity contribution is 5.85. The Morgan fingerprint density at radius 2 is 2.16 bits per heavy atom. The first kappa shape index (κ1) is 15.5. The molecule has 0 aromatic carbocycles. The number of nitrogens with one attached hydrogen (secondary N) is 1. The van der Waals surface area contributed by atoms with Crippen molar-refractivity contribution in [3.05, 3.63) is 6.07 Å². The fourth-order valence-corrected chi connectivity index (χ4v) is 1.77. The molecule has 2 heterocycles. The molecule has 0 bridgehead atoms. The number of rotatable bonds is 3. The summed E-state index contributed by atoms with van der Waals surface area (Å²) in [6.45, 7) is 5.20. The van der Waals surface area contributed by atoms with Crippen LogP contribution in [0.3, 0.4) is 0 Å². The minimum Gasteiger partial charge on any atom is -0.406 e. The summed E-state index contributed by atoms with van der Waals surface area (Å²) in [6.07, 6.45) is 0.301. The van der Waals surface area contributed by atoms with E-state index in [1.807, 2.05) is 0 Å². The van der Waals surface area contributed by atoms with Gasteiger partial charge in [0.05, 0.1) is 5.69 Å². The monoisotopic (exact) mass is 287 g/mol. The second-order valence-corrected chi connectivity index (χ2v) is 4.02. The Morgan fingerprint density at radius 1 is 1.47 bits per heavy atom. The standard InChI is InChI=1S/C11H17N5O2.ClH/c1-2-10(17)18-9-7-8(11(12)15-14-9)16-5-3-13-4-6-16;/h7,13H,2-6H2,1H3,(H2,12,15);1H. The van der Waals surface area contributed by atoms with Crippen LogP contribution in [0.1, 0.15) is 13.3 Å². The molecule has 1 fully saturated rings. The number of aromatic nitrogens is 2. The van der Waals surface area contributed by atoms with Crippen LogP contribution in [0.15, 0.2) is 6.07 Å². The van der Waals surface area contributed by atoms with Gasteiger partial charge in [-0.3, -0.25) is 4.79 Å². The van der Waals surface area contributed by atoms with Crippen LogP contribution in [0.4, 0.5) is 11.5 Å². The molecule has 2 rings (SSSR count). The lowest BCUT2D eigenvalue weighted by Gasteiger charge is -2.29. The van der Waals surface area contributed by atoms with Crippen LogP contribution >= 0.6 is 12.4 Å². The highest BCUT2D eigenvalue weighted by Crippen LogP contribution is 2.24. The highest BCUT2D eigenvalue weighted by atomic mass is 35.5. The number of halogens is 1. The van der Waals surface area contributed by atoms with Crippen LogP contribution in [-0.2, 0) is 4.79 Å². The summed E-state index contributed by atoms with van der Waals surface area (Å²) in [4.78, 5) is 13.3. The lowest BCUT2D eigenvalue weighted by Crippen LogP contribution is -2.43. The van der Waals surface area contributed by atoms with E-state index < -0.39 is 0 Å². The summed E-state index contributed by atoms with van der Waals surface area (Å²) in [5.41, 5.74) is 6.58. The molecule has 106 valence electrons. The van der Waals surface area contributed by atoms with Crippen molar-refractivity contribution in [3.8, 4) is 5.88 Å². The Labute approximate surface area is 117 Å². The molecule has 0 radical (unpaired) electrons. The van der Waals surface area contributed by atoms with Gasteiger partial charge in [-0.2, -0.15) is 0 Å². The maximum atomic E-state index is 11.2. The van der Waals surface area contributed by atoms with Crippen molar-refractivity contribution in [1.82, 2.24) is 15.5 Å². The van der Waals surface area contributed by atoms with Gasteiger partial charge in [0.2, 0.25) is 5.88 Å². The maximum Gasteiger partial charge on any atom is 0.312 e. The molecular weight excluding hydrogens is 270 g/mol. The van der Waals surface area contributed by atoms with E-state index >= 15 is 0 Å². The number of esters is 1. The second-order valence-electron chi connectivity index (χ2n) is 4.02. The Morgan fingerprint density at radius 3 is 2.79 bits per heavy atom. The van der Waals surface area contributed by atoms with E-state index in [2.05, 4.69) is 20.4 Å². The van der Waals surface area contributed by atoms with E-state index in [4.69, 9.17) is 10.5 Å². The van der Waals surface area contributed by atoms with Crippen LogP contribution in [0, 0.1) is 0 Å². The molecule has 1 aromatic heterocycles. The Kier molecular flexibility index (Phi) is 5.78. The number of ether oxygens (including phenoxy) is 1. The largest absolute Gasteiger partial charge is 0.406 e. The number of nitrogens with two attached hydrogens (primary N) is 1. The van der Waals surface area contributed by atoms with Crippen molar-refractivity contribution in [2.75, 3.05) is 36.8 Å². The van der Waals surface area contributed by atoms with Crippen molar-refractivity contribution in [2.45, 2.75) is 13.3 Å². The van der Waals surface area contributed by atoms with Crippen LogP contribution in [0.25, 0.3) is 0 Å². The number of anilines is 2. The topological polar surface area (TPSA) is 93.4 Å². The average Bonchev–Trinajstić information content (AvgIpc) is 2.42. The van der Waals surface area contributed by atoms with Gasteiger partial charge in [0.1, 0.15) is 0 Å². The molecule has 3 N–H and O–H groups in total. The molecule has 0 spiro atoms. The first-order valence-electron chi connectivity index (χ1n) is 6.00. The van der Waals surface area contributed by atoms with Gasteiger partial charge in [-0.1, -0.05) is 6.92 Å². The minimum atomic E-state index is -0.333. The van der Waals surface area contributed by atoms with Gasteiger partial charge >= 0.3 is 5.97 Å². The molecule has 19 heavy (non-hydrogen) atoms. The lowest BCUT2D eigenvalue weighted by atomic mass is 10.3. The van der Waals surface area contributed by atoms with Crippen LogP contribution < -0.4 is 20.7 Å². The summed E-state index contributed by atoms with van der Waals surface area (Å²) < 4.78 is 5.04. The smallest absolute Gasteiger partial charge is 0.312 e. The molecular formula is C11H18ClN5O2. The first-order valence-corrected chi connectivity index (χ1v) is 6.00. The molecule has 1 aromatic rings. The van der Waals surface area contributed by atoms with Crippen molar-refractivity contribution in [2.24, 2.45) is 0 Å². The predicted molar refractivity (Wildman–Crippen MR) is 74.7 cm³/mol. The predicted octanol–water partition coefficient (Wildman–Crippen LogP) is 0.206. The molecule has 7 nitrogen and oxygen atoms in total. The highest BCUT2D eigenvalue weighted by Gasteiger charge is 2.16. The zero-order valence-electron chi connectivity index (χ0n) is 10.8. The van der Waals surface area contributed by atoms with E-state index in [9.17, 15) is 4.79 Å². The Balaban J connectivity index is 0.00000180. The first-order chi connectivity index (χ1) is 8.70. The van der Waals surface area contributed by atoms with Crippen LogP contribution in [0.5, 0.6) is 5.88 Å². The van der Waals surface area contributed by atoms with Crippen molar-refractivity contribution < 1.29 is 9.53 Å². The fraction of sp³-hybridized carbons (Fsp3) is 0.545. The summed E-state index contributed by atoms with van der Waals surface area (Å²) in [5.74, 6) is 0.220. The molecule has 0 unspecified atom stereocenters. The Hall–Kier alpha value is -1.60. The number of hydrogen-bond donors (Lipinski definition) is 2. The molecule has 1 saturated heterocycles. The zero-order chi connectivity index (χ0) is 13.0. The van der Waals surface area contributed by atoms with Gasteiger partial charge in [-0.25, -0.2) is 0 Å². The molecule has 0 amide bonds. The lowest BCUT2D eigenvalue weighted by molar-refractivity contribution is -0.134. The summed E-state index contributed by atoms with van der Waals surface area (Å²) in [6, 6.07) is 1.67. The van der Waals surface area contributed by atoms with Gasteiger partial charge in [0, 0.05) is 38.7 Å². The van der Waals surface area contributed by atoms with Crippen molar-refractivity contribution >= 4 is 29.9 Å². The third kappa shape index (κ3) is 3.93. The van der Waals surface area contributed by atoms with Crippen LogP contribution in [0.2, 0.25) is 0 Å². The summed E-state index contributed by atoms with van der Waals surface area (Å²) >= 11 is 0. The van der Waals surface area contributed by atoms with Crippen molar-refractivity contribution in [1.29, 1.82) is 0 Å². The normalized spacial score (nSPS) is 14.7. The van der Waals surface area contributed by atoms with E-state index in [1.54, 1.807) is 13.0 Å². The van der Waals surface area contributed by atoms with Gasteiger partial charge in [-0.05, 0) is 0 Å². The number of nitrogens with zero attached hydrogens (tertiary/aromatic N) is 3. The third-order valence-corrected chi connectivity index (χ3v) is 2.74. The molecule has 1 aliphatic rings. The number of piperazine rings is 1. The molecule has 0 saturated carbocycles. The van der Waals surface area contributed by atoms with E-state index in [-0.39, 0.29) is 24.3 Å². The minimum absolute atomic E-state index is 0. The SMILES string of the molecule is CCC(=O)Oc1cc(N2CCNCC2)c(N)nn1.Cl. The third-order valence-electron chi connectivity index (χ3n) is 2.74. The Bertz CT molecular complexity index is 437. The molecule has 1 aliphatic heterocycles. The van der Waals surface area contributed by atoms with Gasteiger partial charge in [-0.15, -0.1) is 22.6 Å². The summed E-state index contributed by atoms with van der Waals surface area (Å²) in [7, 11) is 0. The second kappa shape index (κ2) is 7.10. The molecule has 0 atom stereocenters. The van der Waals surface area contributed by atoms with Gasteiger partial charge in [0.15, 0.2) is 5.82 Å². The average molecular weight is 288 g/mol. The number of carbonyl (C=O) groups is 1. The quantitative estimate of drug-likeness (QED) is 0.767. The molecule has 8 heteroatoms. The zero-order valence-corrected chi connectivity index (χ0v) is 11.6. The van der Waals surface area contributed by atoms with Gasteiger partial charge in [0.25, 0.3) is 0 Å². The number of nitrogen functional groups attached to an aromatic ring is 1. The number of hydrogen-bond acceptors (Lipinski definition) is 7. The van der Waals surface area contributed by atoms with Crippen molar-refractivity contribution in [3.63, 3.8) is 0 Å². The van der Waals surface area contributed by atoms with E-state index in [1.165, 1.54) is 0 Å². The molecule has 0 aliphatic carbocycles. The van der Waals surface area contributed by atoms with E-state index in [0.29, 0.717) is 12.2 Å². The number of carbonyl (C=O) groups excluding carboxylic acids is 1.